The predicted octanol–water partition coefficient (Wildman–Crippen LogP) is 2.67. The fourth-order valence-corrected chi connectivity index (χ4v) is 3.02. The lowest BCUT2D eigenvalue weighted by Crippen LogP contribution is -2.26. The third-order valence-corrected chi connectivity index (χ3v) is 4.16. The van der Waals surface area contributed by atoms with Crippen molar-refractivity contribution < 1.29 is 19.8 Å². The van der Waals surface area contributed by atoms with E-state index in [9.17, 15) is 14.7 Å². The molecule has 0 aliphatic heterocycles. The average molecular weight is 282 g/mol. The highest BCUT2D eigenvalue weighted by Gasteiger charge is 2.27. The van der Waals surface area contributed by atoms with Crippen molar-refractivity contribution in [3.63, 3.8) is 0 Å². The van der Waals surface area contributed by atoms with Crippen LogP contribution in [0.25, 0.3) is 0 Å². The largest absolute Gasteiger partial charge is 0.480 e. The first-order valence-corrected chi connectivity index (χ1v) is 7.13. The van der Waals surface area contributed by atoms with E-state index in [0.29, 0.717) is 12.8 Å². The molecule has 0 radical (unpaired) electrons. The van der Waals surface area contributed by atoms with Gasteiger partial charge in [0.05, 0.1) is 0 Å². The van der Waals surface area contributed by atoms with Gasteiger partial charge in [-0.1, -0.05) is 43.7 Å². The Morgan fingerprint density at radius 1 is 1.11 bits per heavy atom. The summed E-state index contributed by atoms with van der Waals surface area (Å²) in [7, 11) is 0. The molecule has 0 aliphatic carbocycles. The average Bonchev–Trinajstić information content (AvgIpc) is 2.38. The standard InChI is InChI=1S/C14H18O4S/c1-2-6-11(13(15)16)19-12(14(17)18)9-10-7-4-3-5-8-10/h3-5,7-8,11-12H,2,6,9H2,1H3,(H,15,16)(H,17,18). The summed E-state index contributed by atoms with van der Waals surface area (Å²) in [5.74, 6) is -1.90. The van der Waals surface area contributed by atoms with Crippen molar-refractivity contribution in [2.75, 3.05) is 0 Å². The molecule has 0 bridgehead atoms. The van der Waals surface area contributed by atoms with Gasteiger partial charge >= 0.3 is 11.9 Å². The minimum Gasteiger partial charge on any atom is -0.480 e. The SMILES string of the molecule is CCCC(SC(Cc1ccccc1)C(=O)O)C(=O)O. The highest BCUT2D eigenvalue weighted by Crippen LogP contribution is 2.25. The summed E-state index contributed by atoms with van der Waals surface area (Å²) in [5, 5.41) is 16.9. The van der Waals surface area contributed by atoms with Gasteiger partial charge in [0.1, 0.15) is 10.5 Å². The van der Waals surface area contributed by atoms with Crippen LogP contribution in [0.5, 0.6) is 0 Å². The van der Waals surface area contributed by atoms with E-state index >= 15 is 0 Å². The van der Waals surface area contributed by atoms with Crippen molar-refractivity contribution in [2.45, 2.75) is 36.7 Å². The van der Waals surface area contributed by atoms with Crippen molar-refractivity contribution in [1.82, 2.24) is 0 Å². The maximum absolute atomic E-state index is 11.3. The Balaban J connectivity index is 2.72. The van der Waals surface area contributed by atoms with Crippen LogP contribution in [-0.2, 0) is 16.0 Å². The van der Waals surface area contributed by atoms with E-state index in [0.717, 1.165) is 23.7 Å². The quantitative estimate of drug-likeness (QED) is 0.766. The van der Waals surface area contributed by atoms with Crippen LogP contribution in [0.2, 0.25) is 0 Å². The molecular formula is C14H18O4S. The molecule has 2 N–H and O–H groups in total. The lowest BCUT2D eigenvalue weighted by Gasteiger charge is -2.17. The summed E-state index contributed by atoms with van der Waals surface area (Å²) < 4.78 is 0. The molecule has 4 nitrogen and oxygen atoms in total. The van der Waals surface area contributed by atoms with Gasteiger partial charge in [-0.05, 0) is 18.4 Å². The zero-order chi connectivity index (χ0) is 14.3. The van der Waals surface area contributed by atoms with Crippen LogP contribution in [0.4, 0.5) is 0 Å². The molecule has 0 heterocycles. The maximum atomic E-state index is 11.3. The van der Waals surface area contributed by atoms with E-state index in [2.05, 4.69) is 0 Å². The Labute approximate surface area is 116 Å². The van der Waals surface area contributed by atoms with Crippen LogP contribution in [0.15, 0.2) is 30.3 Å². The Morgan fingerprint density at radius 2 is 1.68 bits per heavy atom. The Hall–Kier alpha value is -1.49. The summed E-state index contributed by atoms with van der Waals surface area (Å²) in [5.41, 5.74) is 0.906. The highest BCUT2D eigenvalue weighted by atomic mass is 32.2. The summed E-state index contributed by atoms with van der Waals surface area (Å²) in [6, 6.07) is 9.26. The summed E-state index contributed by atoms with van der Waals surface area (Å²) >= 11 is 1.03. The van der Waals surface area contributed by atoms with E-state index in [1.807, 2.05) is 37.3 Å². The second-order valence-electron chi connectivity index (χ2n) is 4.27. The number of carboxylic acid groups (broad SMARTS) is 2. The second-order valence-corrected chi connectivity index (χ2v) is 5.68. The first kappa shape index (κ1) is 15.6. The fourth-order valence-electron chi connectivity index (χ4n) is 1.73. The summed E-state index contributed by atoms with van der Waals surface area (Å²) in [4.78, 5) is 22.3. The second kappa shape index (κ2) is 7.84. The van der Waals surface area contributed by atoms with Crippen molar-refractivity contribution in [3.05, 3.63) is 35.9 Å². The molecule has 0 amide bonds. The van der Waals surface area contributed by atoms with Crippen LogP contribution < -0.4 is 0 Å². The highest BCUT2D eigenvalue weighted by molar-refractivity contribution is 8.01. The first-order chi connectivity index (χ1) is 9.04. The van der Waals surface area contributed by atoms with Crippen LogP contribution in [0.3, 0.4) is 0 Å². The van der Waals surface area contributed by atoms with Crippen molar-refractivity contribution in [2.24, 2.45) is 0 Å². The number of carbonyl (C=O) groups is 2. The first-order valence-electron chi connectivity index (χ1n) is 6.19. The molecule has 104 valence electrons. The maximum Gasteiger partial charge on any atom is 0.316 e. The van der Waals surface area contributed by atoms with E-state index in [1.165, 1.54) is 0 Å². The Morgan fingerprint density at radius 3 is 2.16 bits per heavy atom. The minimum absolute atomic E-state index is 0.342. The monoisotopic (exact) mass is 282 g/mol. The van der Waals surface area contributed by atoms with Gasteiger partial charge in [0.15, 0.2) is 0 Å². The molecule has 19 heavy (non-hydrogen) atoms. The Bertz CT molecular complexity index is 419. The van der Waals surface area contributed by atoms with Crippen LogP contribution in [0.1, 0.15) is 25.3 Å². The summed E-state index contributed by atoms with van der Waals surface area (Å²) in [6.07, 6.45) is 1.55. The number of hydrogen-bond acceptors (Lipinski definition) is 3. The topological polar surface area (TPSA) is 74.6 Å². The lowest BCUT2D eigenvalue weighted by molar-refractivity contribution is -0.136. The third-order valence-electron chi connectivity index (χ3n) is 2.69. The molecule has 0 aromatic heterocycles. The number of carboxylic acids is 2. The smallest absolute Gasteiger partial charge is 0.316 e. The molecule has 2 unspecified atom stereocenters. The van der Waals surface area contributed by atoms with Gasteiger partial charge in [-0.3, -0.25) is 9.59 Å². The van der Waals surface area contributed by atoms with Gasteiger partial charge in [-0.15, -0.1) is 11.8 Å². The van der Waals surface area contributed by atoms with Crippen LogP contribution in [-0.4, -0.2) is 32.7 Å². The van der Waals surface area contributed by atoms with Crippen LogP contribution >= 0.6 is 11.8 Å². The van der Waals surface area contributed by atoms with Crippen molar-refractivity contribution >= 4 is 23.7 Å². The van der Waals surface area contributed by atoms with Gasteiger partial charge in [0.2, 0.25) is 0 Å². The molecular weight excluding hydrogens is 264 g/mol. The lowest BCUT2D eigenvalue weighted by atomic mass is 10.1. The normalized spacial score (nSPS) is 13.7. The van der Waals surface area contributed by atoms with Gasteiger partial charge < -0.3 is 10.2 Å². The molecule has 0 fully saturated rings. The van der Waals surface area contributed by atoms with Crippen LogP contribution in [0, 0.1) is 0 Å². The molecule has 0 spiro atoms. The van der Waals surface area contributed by atoms with E-state index < -0.39 is 22.4 Å². The molecule has 1 rings (SSSR count). The van der Waals surface area contributed by atoms with Gasteiger partial charge in [-0.25, -0.2) is 0 Å². The molecule has 1 aromatic rings. The van der Waals surface area contributed by atoms with Crippen molar-refractivity contribution in [3.8, 4) is 0 Å². The molecule has 2 atom stereocenters. The van der Waals surface area contributed by atoms with E-state index in [1.54, 1.807) is 0 Å². The van der Waals surface area contributed by atoms with Crippen molar-refractivity contribution in [1.29, 1.82) is 0 Å². The number of benzene rings is 1. The fraction of sp³-hybridized carbons (Fsp3) is 0.429. The number of rotatable bonds is 8. The predicted molar refractivity (Wildman–Crippen MR) is 75.5 cm³/mol. The van der Waals surface area contributed by atoms with Gasteiger partial charge in [-0.2, -0.15) is 0 Å². The zero-order valence-corrected chi connectivity index (χ0v) is 11.6. The third kappa shape index (κ3) is 5.34. The van der Waals surface area contributed by atoms with E-state index in [-0.39, 0.29) is 0 Å². The minimum atomic E-state index is -0.962. The molecule has 1 aromatic carbocycles. The number of aliphatic carboxylic acids is 2. The van der Waals surface area contributed by atoms with Gasteiger partial charge in [0.25, 0.3) is 0 Å². The summed E-state index contributed by atoms with van der Waals surface area (Å²) in [6.45, 7) is 1.89. The Kier molecular flexibility index (Phi) is 6.42. The number of hydrogen-bond donors (Lipinski definition) is 2. The molecule has 0 saturated heterocycles. The zero-order valence-electron chi connectivity index (χ0n) is 10.8. The van der Waals surface area contributed by atoms with Gasteiger partial charge in [0, 0.05) is 0 Å². The molecule has 5 heteroatoms. The molecule has 0 aliphatic rings. The van der Waals surface area contributed by atoms with E-state index in [4.69, 9.17) is 5.11 Å². The number of thioether (sulfide) groups is 1. The molecule has 0 saturated carbocycles.